The molecule has 0 saturated heterocycles. The Morgan fingerprint density at radius 3 is 2.32 bits per heavy atom. The molecule has 4 nitrogen and oxygen atoms in total. The highest BCUT2D eigenvalue weighted by Gasteiger charge is 2.18. The second-order valence-corrected chi connectivity index (χ2v) is 5.26. The van der Waals surface area contributed by atoms with Crippen LogP contribution in [0.25, 0.3) is 0 Å². The number of likely N-dealkylation sites (N-methyl/N-ethyl adjacent to an activating group) is 1. The number of quaternary nitrogens is 1. The molecule has 0 atom stereocenters. The SMILES string of the molecule is CC(=O)OCC[N+](C)(C)CCC(=O)c1ccccc1. The molecular formula is C15H22NO3+. The van der Waals surface area contributed by atoms with E-state index in [4.69, 9.17) is 4.74 Å². The fourth-order valence-electron chi connectivity index (χ4n) is 1.72. The zero-order chi connectivity index (χ0) is 14.3. The maximum absolute atomic E-state index is 12.0. The standard InChI is InChI=1S/C15H22NO3/c1-13(17)19-12-11-16(2,3)10-9-15(18)14-7-5-4-6-8-14/h4-8H,9-12H2,1-3H3/q+1. The van der Waals surface area contributed by atoms with Gasteiger partial charge >= 0.3 is 5.97 Å². The molecule has 0 amide bonds. The Hall–Kier alpha value is -1.68. The van der Waals surface area contributed by atoms with Crippen LogP contribution < -0.4 is 0 Å². The van der Waals surface area contributed by atoms with Gasteiger partial charge in [-0.15, -0.1) is 0 Å². The smallest absolute Gasteiger partial charge is 0.302 e. The van der Waals surface area contributed by atoms with Gasteiger partial charge in [-0.2, -0.15) is 0 Å². The summed E-state index contributed by atoms with van der Waals surface area (Å²) in [6, 6.07) is 9.31. The van der Waals surface area contributed by atoms with Crippen molar-refractivity contribution in [3.8, 4) is 0 Å². The average Bonchev–Trinajstić information content (AvgIpc) is 2.36. The number of ether oxygens (including phenoxy) is 1. The Labute approximate surface area is 114 Å². The predicted molar refractivity (Wildman–Crippen MR) is 73.9 cm³/mol. The lowest BCUT2D eigenvalue weighted by Crippen LogP contribution is -2.43. The lowest BCUT2D eigenvalue weighted by Gasteiger charge is -2.29. The largest absolute Gasteiger partial charge is 0.460 e. The Morgan fingerprint density at radius 2 is 1.74 bits per heavy atom. The quantitative estimate of drug-likeness (QED) is 0.429. The second kappa shape index (κ2) is 7.04. The molecule has 0 aromatic heterocycles. The summed E-state index contributed by atoms with van der Waals surface area (Å²) in [5.41, 5.74) is 0.752. The normalized spacial score (nSPS) is 11.1. The van der Waals surface area contributed by atoms with Crippen molar-refractivity contribution in [3.63, 3.8) is 0 Å². The van der Waals surface area contributed by atoms with Gasteiger partial charge in [0.05, 0.1) is 27.1 Å². The fourth-order valence-corrected chi connectivity index (χ4v) is 1.72. The number of benzene rings is 1. The Bertz CT molecular complexity index is 426. The van der Waals surface area contributed by atoms with Crippen molar-refractivity contribution in [1.29, 1.82) is 0 Å². The molecule has 0 unspecified atom stereocenters. The number of rotatable bonds is 7. The number of carbonyl (C=O) groups is 2. The summed E-state index contributed by atoms with van der Waals surface area (Å²) in [6.07, 6.45) is 0.497. The van der Waals surface area contributed by atoms with Gasteiger partial charge in [-0.25, -0.2) is 0 Å². The van der Waals surface area contributed by atoms with Crippen LogP contribution in [0.3, 0.4) is 0 Å². The summed E-state index contributed by atoms with van der Waals surface area (Å²) < 4.78 is 5.59. The molecule has 0 aliphatic rings. The number of esters is 1. The maximum atomic E-state index is 12.0. The number of hydrogen-bond acceptors (Lipinski definition) is 3. The van der Waals surface area contributed by atoms with Gasteiger partial charge in [-0.3, -0.25) is 9.59 Å². The molecule has 1 rings (SSSR count). The average molecular weight is 264 g/mol. The first kappa shape index (κ1) is 15.4. The fraction of sp³-hybridized carbons (Fsp3) is 0.467. The summed E-state index contributed by atoms with van der Waals surface area (Å²) in [7, 11) is 4.06. The van der Waals surface area contributed by atoms with Crippen LogP contribution in [0.2, 0.25) is 0 Å². The van der Waals surface area contributed by atoms with E-state index >= 15 is 0 Å². The Balaban J connectivity index is 2.38. The number of nitrogens with zero attached hydrogens (tertiary/aromatic N) is 1. The third-order valence-corrected chi connectivity index (χ3v) is 3.04. The molecule has 0 fully saturated rings. The van der Waals surface area contributed by atoms with Crippen LogP contribution in [-0.4, -0.2) is 50.0 Å². The zero-order valence-electron chi connectivity index (χ0n) is 11.9. The molecular weight excluding hydrogens is 242 g/mol. The summed E-state index contributed by atoms with van der Waals surface area (Å²) in [5.74, 6) is -0.111. The minimum absolute atomic E-state index is 0.152. The van der Waals surface area contributed by atoms with Crippen LogP contribution in [0.5, 0.6) is 0 Å². The highest BCUT2D eigenvalue weighted by atomic mass is 16.5. The van der Waals surface area contributed by atoms with Gasteiger partial charge in [0.1, 0.15) is 13.2 Å². The van der Waals surface area contributed by atoms with E-state index in [0.717, 1.165) is 12.1 Å². The van der Waals surface area contributed by atoms with E-state index in [0.29, 0.717) is 24.1 Å². The van der Waals surface area contributed by atoms with Gasteiger partial charge in [-0.1, -0.05) is 30.3 Å². The van der Waals surface area contributed by atoms with Crippen LogP contribution in [0.15, 0.2) is 30.3 Å². The van der Waals surface area contributed by atoms with Gasteiger partial charge in [0, 0.05) is 12.5 Å². The monoisotopic (exact) mass is 264 g/mol. The molecule has 104 valence electrons. The molecule has 0 N–H and O–H groups in total. The highest BCUT2D eigenvalue weighted by molar-refractivity contribution is 5.96. The third kappa shape index (κ3) is 6.15. The van der Waals surface area contributed by atoms with Crippen molar-refractivity contribution in [3.05, 3.63) is 35.9 Å². The van der Waals surface area contributed by atoms with E-state index in [1.165, 1.54) is 6.92 Å². The molecule has 0 radical (unpaired) electrons. The Kier molecular flexibility index (Phi) is 5.70. The number of ketones is 1. The van der Waals surface area contributed by atoms with Crippen molar-refractivity contribution < 1.29 is 18.8 Å². The second-order valence-electron chi connectivity index (χ2n) is 5.26. The maximum Gasteiger partial charge on any atom is 0.302 e. The zero-order valence-corrected chi connectivity index (χ0v) is 11.9. The van der Waals surface area contributed by atoms with Gasteiger partial charge in [0.2, 0.25) is 0 Å². The number of carbonyl (C=O) groups excluding carboxylic acids is 2. The first-order chi connectivity index (χ1) is 8.91. The van der Waals surface area contributed by atoms with Gasteiger partial charge in [-0.05, 0) is 0 Å². The van der Waals surface area contributed by atoms with E-state index in [9.17, 15) is 9.59 Å². The van der Waals surface area contributed by atoms with E-state index < -0.39 is 0 Å². The van der Waals surface area contributed by atoms with Crippen LogP contribution in [0.1, 0.15) is 23.7 Å². The van der Waals surface area contributed by atoms with Crippen LogP contribution in [0, 0.1) is 0 Å². The molecule has 0 aliphatic heterocycles. The summed E-state index contributed by atoms with van der Waals surface area (Å²) in [4.78, 5) is 22.7. The molecule has 0 bridgehead atoms. The summed E-state index contributed by atoms with van der Waals surface area (Å²) in [6.45, 7) is 3.23. The number of hydrogen-bond donors (Lipinski definition) is 0. The molecule has 0 saturated carbocycles. The highest BCUT2D eigenvalue weighted by Crippen LogP contribution is 2.06. The molecule has 4 heteroatoms. The molecule has 0 heterocycles. The van der Waals surface area contributed by atoms with Crippen LogP contribution >= 0.6 is 0 Å². The molecule has 1 aromatic rings. The van der Waals surface area contributed by atoms with Gasteiger partial charge in [0.15, 0.2) is 5.78 Å². The van der Waals surface area contributed by atoms with Crippen molar-refractivity contribution in [1.82, 2.24) is 0 Å². The van der Waals surface area contributed by atoms with E-state index in [1.54, 1.807) is 0 Å². The van der Waals surface area contributed by atoms with E-state index in [-0.39, 0.29) is 11.8 Å². The van der Waals surface area contributed by atoms with Crippen LogP contribution in [-0.2, 0) is 9.53 Å². The minimum Gasteiger partial charge on any atom is -0.460 e. The third-order valence-electron chi connectivity index (χ3n) is 3.04. The topological polar surface area (TPSA) is 43.4 Å². The molecule has 1 aromatic carbocycles. The van der Waals surface area contributed by atoms with Crippen molar-refractivity contribution in [2.75, 3.05) is 33.8 Å². The van der Waals surface area contributed by atoms with Crippen LogP contribution in [0.4, 0.5) is 0 Å². The number of Topliss-reactive ketones (excluding diaryl/α,β-unsaturated/α-hetero) is 1. The lowest BCUT2D eigenvalue weighted by molar-refractivity contribution is -0.889. The minimum atomic E-state index is -0.264. The first-order valence-electron chi connectivity index (χ1n) is 6.44. The Morgan fingerprint density at radius 1 is 1.11 bits per heavy atom. The molecule has 19 heavy (non-hydrogen) atoms. The van der Waals surface area contributed by atoms with Crippen molar-refractivity contribution in [2.24, 2.45) is 0 Å². The lowest BCUT2D eigenvalue weighted by atomic mass is 10.1. The van der Waals surface area contributed by atoms with Crippen molar-refractivity contribution in [2.45, 2.75) is 13.3 Å². The van der Waals surface area contributed by atoms with E-state index in [2.05, 4.69) is 0 Å². The molecule has 0 aliphatic carbocycles. The van der Waals surface area contributed by atoms with Gasteiger partial charge in [0.25, 0.3) is 0 Å². The summed E-state index contributed by atoms with van der Waals surface area (Å²) >= 11 is 0. The van der Waals surface area contributed by atoms with Gasteiger partial charge < -0.3 is 9.22 Å². The predicted octanol–water partition coefficient (Wildman–Crippen LogP) is 1.90. The molecule has 0 spiro atoms. The first-order valence-corrected chi connectivity index (χ1v) is 6.44. The van der Waals surface area contributed by atoms with Crippen molar-refractivity contribution >= 4 is 11.8 Å². The van der Waals surface area contributed by atoms with E-state index in [1.807, 2.05) is 44.4 Å². The summed E-state index contributed by atoms with van der Waals surface area (Å²) in [5, 5.41) is 0.